The fourth-order valence-electron chi connectivity index (χ4n) is 1.37. The Morgan fingerprint density at radius 1 is 1.25 bits per heavy atom. The molecule has 0 aliphatic rings. The molecular weight excluding hydrogens is 222 g/mol. The molecule has 0 fully saturated rings. The Morgan fingerprint density at radius 2 is 2.12 bits per heavy atom. The highest BCUT2D eigenvalue weighted by Gasteiger charge is 1.99. The van der Waals surface area contributed by atoms with E-state index < -0.39 is 0 Å². The largest absolute Gasteiger partial charge is 0.439 e. The van der Waals surface area contributed by atoms with Crippen molar-refractivity contribution in [1.29, 1.82) is 0 Å². The Bertz CT molecular complexity index is 468. The van der Waals surface area contributed by atoms with Crippen molar-refractivity contribution in [3.63, 3.8) is 0 Å². The Labute approximate surface area is 99.9 Å². The van der Waals surface area contributed by atoms with Crippen LogP contribution in [0.4, 0.5) is 0 Å². The number of ether oxygens (including phenoxy) is 1. The highest BCUT2D eigenvalue weighted by Crippen LogP contribution is 2.21. The summed E-state index contributed by atoms with van der Waals surface area (Å²) in [7, 11) is 0. The monoisotopic (exact) mass is 233 g/mol. The first kappa shape index (κ1) is 11.0. The van der Waals surface area contributed by atoms with Gasteiger partial charge in [-0.25, -0.2) is 4.98 Å². The second-order valence-corrected chi connectivity index (χ2v) is 3.85. The smallest absolute Gasteiger partial charge is 0.219 e. The first-order chi connectivity index (χ1) is 7.78. The van der Waals surface area contributed by atoms with Gasteiger partial charge in [0.2, 0.25) is 5.88 Å². The number of rotatable bonds is 3. The van der Waals surface area contributed by atoms with Gasteiger partial charge in [-0.2, -0.15) is 0 Å². The normalized spacial score (nSPS) is 10.1. The van der Waals surface area contributed by atoms with Crippen LogP contribution in [0, 0.1) is 0 Å². The summed E-state index contributed by atoms with van der Waals surface area (Å²) >= 11 is 5.74. The second kappa shape index (κ2) is 4.99. The van der Waals surface area contributed by atoms with Crippen molar-refractivity contribution >= 4 is 11.6 Å². The van der Waals surface area contributed by atoms with Crippen LogP contribution in [-0.4, -0.2) is 4.98 Å². The molecule has 0 aliphatic heterocycles. The Balaban J connectivity index is 2.16. The predicted molar refractivity (Wildman–Crippen MR) is 65.1 cm³/mol. The van der Waals surface area contributed by atoms with E-state index in [1.165, 1.54) is 5.56 Å². The lowest BCUT2D eigenvalue weighted by atomic mass is 10.2. The molecule has 16 heavy (non-hydrogen) atoms. The van der Waals surface area contributed by atoms with Gasteiger partial charge in [0.05, 0.1) is 5.02 Å². The van der Waals surface area contributed by atoms with Gasteiger partial charge >= 0.3 is 0 Å². The molecule has 3 heteroatoms. The van der Waals surface area contributed by atoms with Crippen molar-refractivity contribution in [3.05, 3.63) is 53.2 Å². The minimum absolute atomic E-state index is 0.553. The Hall–Kier alpha value is -1.54. The lowest BCUT2D eigenvalue weighted by Gasteiger charge is -2.05. The van der Waals surface area contributed by atoms with E-state index in [4.69, 9.17) is 16.3 Å². The molecule has 0 saturated heterocycles. The Kier molecular flexibility index (Phi) is 3.42. The van der Waals surface area contributed by atoms with E-state index in [0.29, 0.717) is 10.9 Å². The van der Waals surface area contributed by atoms with Crippen molar-refractivity contribution in [3.8, 4) is 11.6 Å². The van der Waals surface area contributed by atoms with E-state index in [-0.39, 0.29) is 0 Å². The maximum atomic E-state index is 5.74. The Morgan fingerprint density at radius 3 is 2.81 bits per heavy atom. The predicted octanol–water partition coefficient (Wildman–Crippen LogP) is 4.09. The van der Waals surface area contributed by atoms with Crippen LogP contribution in [0.5, 0.6) is 11.6 Å². The third-order valence-electron chi connectivity index (χ3n) is 2.23. The summed E-state index contributed by atoms with van der Waals surface area (Å²) in [6.07, 6.45) is 2.56. The molecule has 0 spiro atoms. The number of hydrogen-bond acceptors (Lipinski definition) is 2. The van der Waals surface area contributed by atoms with E-state index in [9.17, 15) is 0 Å². The highest BCUT2D eigenvalue weighted by molar-refractivity contribution is 6.30. The van der Waals surface area contributed by atoms with Crippen LogP contribution in [0.1, 0.15) is 12.5 Å². The van der Waals surface area contributed by atoms with Crippen LogP contribution in [0.15, 0.2) is 42.6 Å². The average Bonchev–Trinajstić information content (AvgIpc) is 2.32. The van der Waals surface area contributed by atoms with Crippen molar-refractivity contribution < 1.29 is 4.74 Å². The first-order valence-corrected chi connectivity index (χ1v) is 5.54. The van der Waals surface area contributed by atoms with E-state index in [2.05, 4.69) is 18.0 Å². The fourth-order valence-corrected chi connectivity index (χ4v) is 1.48. The van der Waals surface area contributed by atoms with E-state index in [1.807, 2.05) is 18.2 Å². The zero-order valence-corrected chi connectivity index (χ0v) is 9.74. The molecule has 0 aliphatic carbocycles. The van der Waals surface area contributed by atoms with E-state index in [1.54, 1.807) is 18.3 Å². The van der Waals surface area contributed by atoms with Crippen LogP contribution in [0.3, 0.4) is 0 Å². The second-order valence-electron chi connectivity index (χ2n) is 3.42. The number of halogens is 1. The molecule has 82 valence electrons. The van der Waals surface area contributed by atoms with Crippen molar-refractivity contribution in [2.75, 3.05) is 0 Å². The maximum Gasteiger partial charge on any atom is 0.219 e. The zero-order valence-electron chi connectivity index (χ0n) is 8.98. The topological polar surface area (TPSA) is 22.1 Å². The number of nitrogens with zero attached hydrogens (tertiary/aromatic N) is 1. The highest BCUT2D eigenvalue weighted by atomic mass is 35.5. The molecule has 1 aromatic heterocycles. The summed E-state index contributed by atoms with van der Waals surface area (Å²) in [5.74, 6) is 1.35. The molecular formula is C13H12ClNO. The minimum Gasteiger partial charge on any atom is -0.439 e. The van der Waals surface area contributed by atoms with Crippen LogP contribution in [0.25, 0.3) is 0 Å². The van der Waals surface area contributed by atoms with Crippen molar-refractivity contribution in [1.82, 2.24) is 4.98 Å². The van der Waals surface area contributed by atoms with Gasteiger partial charge in [0, 0.05) is 12.3 Å². The number of pyridine rings is 1. The molecule has 0 saturated carbocycles. The van der Waals surface area contributed by atoms with Crippen LogP contribution < -0.4 is 4.74 Å². The SMILES string of the molecule is CCc1cccc(Oc2ccc(Cl)cn2)c1. The summed E-state index contributed by atoms with van der Waals surface area (Å²) < 4.78 is 5.61. The van der Waals surface area contributed by atoms with Crippen LogP contribution >= 0.6 is 11.6 Å². The van der Waals surface area contributed by atoms with Gasteiger partial charge in [-0.15, -0.1) is 0 Å². The van der Waals surface area contributed by atoms with Gasteiger partial charge in [-0.3, -0.25) is 0 Å². The number of aromatic nitrogens is 1. The summed E-state index contributed by atoms with van der Waals surface area (Å²) in [6.45, 7) is 2.11. The van der Waals surface area contributed by atoms with Gasteiger partial charge < -0.3 is 4.74 Å². The summed E-state index contributed by atoms with van der Waals surface area (Å²) in [5.41, 5.74) is 1.24. The number of hydrogen-bond donors (Lipinski definition) is 0. The third-order valence-corrected chi connectivity index (χ3v) is 2.45. The lowest BCUT2D eigenvalue weighted by Crippen LogP contribution is -1.88. The average molecular weight is 234 g/mol. The molecule has 0 N–H and O–H groups in total. The molecule has 2 rings (SSSR count). The molecule has 0 radical (unpaired) electrons. The summed E-state index contributed by atoms with van der Waals surface area (Å²) in [6, 6.07) is 11.5. The van der Waals surface area contributed by atoms with Gasteiger partial charge in [0.1, 0.15) is 5.75 Å². The first-order valence-electron chi connectivity index (χ1n) is 5.16. The fraction of sp³-hybridized carbons (Fsp3) is 0.154. The van der Waals surface area contributed by atoms with Gasteiger partial charge in [0.25, 0.3) is 0 Å². The lowest BCUT2D eigenvalue weighted by molar-refractivity contribution is 0.462. The zero-order chi connectivity index (χ0) is 11.4. The molecule has 0 atom stereocenters. The standard InChI is InChI=1S/C13H12ClNO/c1-2-10-4-3-5-12(8-10)16-13-7-6-11(14)9-15-13/h3-9H,2H2,1H3. The van der Waals surface area contributed by atoms with Gasteiger partial charge in [0.15, 0.2) is 0 Å². The molecule has 1 aromatic carbocycles. The molecule has 2 aromatic rings. The van der Waals surface area contributed by atoms with Crippen LogP contribution in [-0.2, 0) is 6.42 Å². The van der Waals surface area contributed by atoms with Gasteiger partial charge in [-0.1, -0.05) is 30.7 Å². The molecule has 0 unspecified atom stereocenters. The summed E-state index contributed by atoms with van der Waals surface area (Å²) in [4.78, 5) is 4.07. The minimum atomic E-state index is 0.553. The van der Waals surface area contributed by atoms with Gasteiger partial charge in [-0.05, 0) is 30.2 Å². The number of aryl methyl sites for hydroxylation is 1. The molecule has 0 amide bonds. The van der Waals surface area contributed by atoms with E-state index >= 15 is 0 Å². The van der Waals surface area contributed by atoms with Crippen LogP contribution in [0.2, 0.25) is 5.02 Å². The molecule has 2 nitrogen and oxygen atoms in total. The molecule has 0 bridgehead atoms. The molecule has 1 heterocycles. The third kappa shape index (κ3) is 2.74. The van der Waals surface area contributed by atoms with Crippen molar-refractivity contribution in [2.24, 2.45) is 0 Å². The van der Waals surface area contributed by atoms with Crippen molar-refractivity contribution in [2.45, 2.75) is 13.3 Å². The summed E-state index contributed by atoms with van der Waals surface area (Å²) in [5, 5.41) is 0.606. The number of benzene rings is 1. The quantitative estimate of drug-likeness (QED) is 0.797. The maximum absolute atomic E-state index is 5.74. The van der Waals surface area contributed by atoms with E-state index in [0.717, 1.165) is 12.2 Å².